The molecule has 0 aliphatic heterocycles. The Hall–Kier alpha value is -4.05. The average Bonchev–Trinajstić information content (AvgIpc) is 3.48. The summed E-state index contributed by atoms with van der Waals surface area (Å²) in [4.78, 5) is 28.4. The second kappa shape index (κ2) is 13.5. The number of methoxy groups -OCH3 is 1. The molecule has 0 unspecified atom stereocenters. The smallest absolute Gasteiger partial charge is 0.244 e. The van der Waals surface area contributed by atoms with Gasteiger partial charge in [0.2, 0.25) is 21.8 Å². The van der Waals surface area contributed by atoms with E-state index in [-0.39, 0.29) is 18.5 Å². The molecule has 0 heterocycles. The second-order valence-electron chi connectivity index (χ2n) is 10.2. The van der Waals surface area contributed by atoms with Gasteiger partial charge in [0, 0.05) is 12.6 Å². The lowest BCUT2D eigenvalue weighted by molar-refractivity contribution is -0.139. The highest BCUT2D eigenvalue weighted by atomic mass is 32.2. The monoisotopic (exact) mass is 579 g/mol. The van der Waals surface area contributed by atoms with Crippen molar-refractivity contribution in [3.8, 4) is 17.2 Å². The van der Waals surface area contributed by atoms with Crippen LogP contribution in [0.25, 0.3) is 0 Å². The summed E-state index contributed by atoms with van der Waals surface area (Å²) in [6, 6.07) is 22.2. The zero-order valence-electron chi connectivity index (χ0n) is 23.7. The highest BCUT2D eigenvalue weighted by molar-refractivity contribution is 7.92. The Kier molecular flexibility index (Phi) is 9.88. The van der Waals surface area contributed by atoms with Gasteiger partial charge in [0.1, 0.15) is 29.8 Å². The van der Waals surface area contributed by atoms with Gasteiger partial charge in [-0.15, -0.1) is 0 Å². The molecule has 0 spiro atoms. The molecule has 0 saturated heterocycles. The number of anilines is 1. The number of benzene rings is 3. The Labute approximate surface area is 242 Å². The summed E-state index contributed by atoms with van der Waals surface area (Å²) >= 11 is 0. The maximum atomic E-state index is 13.8. The third-order valence-electron chi connectivity index (χ3n) is 7.16. The van der Waals surface area contributed by atoms with Crippen LogP contribution in [0, 0.1) is 0 Å². The molecule has 1 saturated carbocycles. The SMILES string of the molecule is COc1ccc(CN(C(=O)CN(c2ccc(Oc3ccccc3)cc2)S(C)(=O)=O)[C@@H](C)C(=O)NC2CCCC2)cc1. The summed E-state index contributed by atoms with van der Waals surface area (Å²) in [5.41, 5.74) is 1.10. The van der Waals surface area contributed by atoms with E-state index in [2.05, 4.69) is 5.32 Å². The van der Waals surface area contributed by atoms with Gasteiger partial charge in [0.05, 0.1) is 19.1 Å². The Morgan fingerprint density at radius 2 is 1.49 bits per heavy atom. The van der Waals surface area contributed by atoms with E-state index in [1.54, 1.807) is 50.4 Å². The van der Waals surface area contributed by atoms with Crippen molar-refractivity contribution in [3.05, 3.63) is 84.4 Å². The number of hydrogen-bond acceptors (Lipinski definition) is 6. The number of ether oxygens (including phenoxy) is 2. The third kappa shape index (κ3) is 8.23. The first-order valence-electron chi connectivity index (χ1n) is 13.7. The molecule has 1 aliphatic carbocycles. The quantitative estimate of drug-likeness (QED) is 0.333. The minimum atomic E-state index is -3.84. The topological polar surface area (TPSA) is 105 Å². The number of nitrogens with zero attached hydrogens (tertiary/aromatic N) is 2. The molecule has 9 nitrogen and oxygen atoms in total. The summed E-state index contributed by atoms with van der Waals surface area (Å²) in [5.74, 6) is 1.09. The molecule has 41 heavy (non-hydrogen) atoms. The van der Waals surface area contributed by atoms with E-state index in [4.69, 9.17) is 9.47 Å². The van der Waals surface area contributed by atoms with E-state index in [9.17, 15) is 18.0 Å². The van der Waals surface area contributed by atoms with Crippen LogP contribution in [0.2, 0.25) is 0 Å². The number of para-hydroxylation sites is 1. The molecule has 10 heteroatoms. The molecule has 4 rings (SSSR count). The predicted octanol–water partition coefficient (Wildman–Crippen LogP) is 4.73. The van der Waals surface area contributed by atoms with Crippen molar-refractivity contribution >= 4 is 27.5 Å². The van der Waals surface area contributed by atoms with Crippen LogP contribution in [-0.2, 0) is 26.2 Å². The zero-order valence-corrected chi connectivity index (χ0v) is 24.5. The molecule has 218 valence electrons. The average molecular weight is 580 g/mol. The first kappa shape index (κ1) is 29.9. The van der Waals surface area contributed by atoms with E-state index < -0.39 is 28.5 Å². The van der Waals surface area contributed by atoms with E-state index in [1.807, 2.05) is 42.5 Å². The molecular weight excluding hydrogens is 542 g/mol. The number of sulfonamides is 1. The predicted molar refractivity (Wildman–Crippen MR) is 159 cm³/mol. The van der Waals surface area contributed by atoms with Crippen molar-refractivity contribution in [1.82, 2.24) is 10.2 Å². The van der Waals surface area contributed by atoms with Gasteiger partial charge in [0.25, 0.3) is 0 Å². The molecule has 1 aliphatic rings. The van der Waals surface area contributed by atoms with Crippen LogP contribution in [0.4, 0.5) is 5.69 Å². The van der Waals surface area contributed by atoms with E-state index in [0.717, 1.165) is 41.8 Å². The Morgan fingerprint density at radius 3 is 2.07 bits per heavy atom. The summed E-state index contributed by atoms with van der Waals surface area (Å²) in [6.45, 7) is 1.34. The maximum absolute atomic E-state index is 13.8. The van der Waals surface area contributed by atoms with Gasteiger partial charge in [-0.05, 0) is 73.9 Å². The molecule has 3 aromatic rings. The van der Waals surface area contributed by atoms with E-state index >= 15 is 0 Å². The second-order valence-corrected chi connectivity index (χ2v) is 12.1. The molecule has 2 amide bonds. The lowest BCUT2D eigenvalue weighted by Gasteiger charge is -2.32. The van der Waals surface area contributed by atoms with Crippen molar-refractivity contribution in [2.24, 2.45) is 0 Å². The normalized spacial score (nSPS) is 14.2. The number of nitrogens with one attached hydrogen (secondary N) is 1. The van der Waals surface area contributed by atoms with E-state index in [0.29, 0.717) is 22.9 Å². The van der Waals surface area contributed by atoms with Gasteiger partial charge in [-0.25, -0.2) is 8.42 Å². The van der Waals surface area contributed by atoms with Crippen molar-refractivity contribution in [2.45, 2.75) is 51.2 Å². The third-order valence-corrected chi connectivity index (χ3v) is 8.30. The van der Waals surface area contributed by atoms with Gasteiger partial charge in [-0.1, -0.05) is 43.2 Å². The van der Waals surface area contributed by atoms with Gasteiger partial charge in [0.15, 0.2) is 0 Å². The Bertz CT molecular complexity index is 1410. The minimum Gasteiger partial charge on any atom is -0.497 e. The fourth-order valence-electron chi connectivity index (χ4n) is 4.82. The van der Waals surface area contributed by atoms with Gasteiger partial charge in [-0.3, -0.25) is 13.9 Å². The summed E-state index contributed by atoms with van der Waals surface area (Å²) < 4.78 is 37.8. The molecule has 3 aromatic carbocycles. The first-order valence-corrected chi connectivity index (χ1v) is 15.5. The van der Waals surface area contributed by atoms with Crippen LogP contribution < -0.4 is 19.1 Å². The van der Waals surface area contributed by atoms with Gasteiger partial charge in [-0.2, -0.15) is 0 Å². The number of rotatable bonds is 12. The van der Waals surface area contributed by atoms with Crippen LogP contribution in [0.5, 0.6) is 17.2 Å². The molecule has 1 atom stereocenters. The maximum Gasteiger partial charge on any atom is 0.244 e. The van der Waals surface area contributed by atoms with E-state index in [1.165, 1.54) is 4.90 Å². The Morgan fingerprint density at radius 1 is 0.902 bits per heavy atom. The minimum absolute atomic E-state index is 0.0898. The van der Waals surface area contributed by atoms with Crippen LogP contribution in [0.1, 0.15) is 38.2 Å². The zero-order chi connectivity index (χ0) is 29.4. The summed E-state index contributed by atoms with van der Waals surface area (Å²) in [5, 5.41) is 3.06. The Balaban J connectivity index is 1.55. The van der Waals surface area contributed by atoms with Crippen molar-refractivity contribution in [2.75, 3.05) is 24.2 Å². The number of carbonyl (C=O) groups is 2. The van der Waals surface area contributed by atoms with Crippen LogP contribution in [0.3, 0.4) is 0 Å². The summed E-state index contributed by atoms with van der Waals surface area (Å²) in [6.07, 6.45) is 5.00. The van der Waals surface area contributed by atoms with Crippen molar-refractivity contribution in [3.63, 3.8) is 0 Å². The van der Waals surface area contributed by atoms with Crippen LogP contribution in [0.15, 0.2) is 78.9 Å². The van der Waals surface area contributed by atoms with Crippen molar-refractivity contribution in [1.29, 1.82) is 0 Å². The van der Waals surface area contributed by atoms with Gasteiger partial charge >= 0.3 is 0 Å². The molecular formula is C31H37N3O6S. The molecule has 1 fully saturated rings. The molecule has 0 radical (unpaired) electrons. The molecule has 1 N–H and O–H groups in total. The highest BCUT2D eigenvalue weighted by Gasteiger charge is 2.31. The summed E-state index contributed by atoms with van der Waals surface area (Å²) in [7, 11) is -2.27. The van der Waals surface area contributed by atoms with Crippen molar-refractivity contribution < 1.29 is 27.5 Å². The van der Waals surface area contributed by atoms with Crippen LogP contribution in [-0.4, -0.2) is 57.1 Å². The molecule has 0 aromatic heterocycles. The first-order chi connectivity index (χ1) is 19.6. The number of carbonyl (C=O) groups excluding carboxylic acids is 2. The molecule has 0 bridgehead atoms. The van der Waals surface area contributed by atoms with Gasteiger partial charge < -0.3 is 19.7 Å². The fourth-order valence-corrected chi connectivity index (χ4v) is 5.67. The van der Waals surface area contributed by atoms with Crippen LogP contribution >= 0.6 is 0 Å². The number of amides is 2. The highest BCUT2D eigenvalue weighted by Crippen LogP contribution is 2.26. The standard InChI is InChI=1S/C31H37N3O6S/c1-23(31(36)32-25-9-7-8-10-25)33(21-24-13-17-27(39-2)18-14-24)30(35)22-34(41(3,37)38)26-15-19-29(20-16-26)40-28-11-5-4-6-12-28/h4-6,11-20,23,25H,7-10,21-22H2,1-3H3,(H,32,36)/t23-/m0/s1. The number of hydrogen-bond donors (Lipinski definition) is 1. The lowest BCUT2D eigenvalue weighted by atomic mass is 10.1. The lowest BCUT2D eigenvalue weighted by Crippen LogP contribution is -2.52. The largest absolute Gasteiger partial charge is 0.497 e. The fraction of sp³-hybridized carbons (Fsp3) is 0.355.